The van der Waals surface area contributed by atoms with Crippen molar-refractivity contribution in [3.05, 3.63) is 90.0 Å². The lowest BCUT2D eigenvalue weighted by Crippen LogP contribution is -2.44. The van der Waals surface area contributed by atoms with Crippen molar-refractivity contribution in [3.63, 3.8) is 0 Å². The predicted molar refractivity (Wildman–Crippen MR) is 107 cm³/mol. The number of aromatic nitrogens is 2. The van der Waals surface area contributed by atoms with Gasteiger partial charge in [-0.3, -0.25) is 4.90 Å². The Morgan fingerprint density at radius 2 is 1.52 bits per heavy atom. The van der Waals surface area contributed by atoms with Crippen LogP contribution in [0.5, 0.6) is 0 Å². The zero-order valence-corrected chi connectivity index (χ0v) is 15.8. The fourth-order valence-corrected chi connectivity index (χ4v) is 4.28. The van der Waals surface area contributed by atoms with Crippen molar-refractivity contribution < 1.29 is 5.11 Å². The molecular weight excluding hydrogens is 334 g/mol. The fraction of sp³-hybridized carbons (Fsp3) is 0.348. The van der Waals surface area contributed by atoms with Gasteiger partial charge in [0.15, 0.2) is 0 Å². The van der Waals surface area contributed by atoms with Crippen molar-refractivity contribution in [3.8, 4) is 0 Å². The van der Waals surface area contributed by atoms with E-state index in [1.807, 2.05) is 80.1 Å². The molecule has 0 amide bonds. The third-order valence-electron chi connectivity index (χ3n) is 5.89. The van der Waals surface area contributed by atoms with Crippen LogP contribution in [-0.2, 0) is 19.2 Å². The molecule has 2 heterocycles. The molecule has 1 N–H and O–H groups in total. The van der Waals surface area contributed by atoms with Crippen molar-refractivity contribution in [2.45, 2.75) is 25.0 Å². The van der Waals surface area contributed by atoms with Crippen LogP contribution in [0.15, 0.2) is 73.1 Å². The number of benzene rings is 2. The molecule has 0 radical (unpaired) electrons. The zero-order chi connectivity index (χ0) is 18.7. The topological polar surface area (TPSA) is 41.3 Å². The minimum Gasteiger partial charge on any atom is -0.380 e. The van der Waals surface area contributed by atoms with E-state index >= 15 is 0 Å². The molecule has 4 nitrogen and oxygen atoms in total. The summed E-state index contributed by atoms with van der Waals surface area (Å²) in [5, 5.41) is 11.9. The Balaban J connectivity index is 1.55. The van der Waals surface area contributed by atoms with Gasteiger partial charge in [-0.25, -0.2) is 4.98 Å². The summed E-state index contributed by atoms with van der Waals surface area (Å²) in [5.41, 5.74) is 1.02. The van der Waals surface area contributed by atoms with Crippen LogP contribution in [0.3, 0.4) is 0 Å². The first-order chi connectivity index (χ1) is 13.2. The lowest BCUT2D eigenvalue weighted by molar-refractivity contribution is -0.0156. The summed E-state index contributed by atoms with van der Waals surface area (Å²) in [6, 6.07) is 20.3. The fourth-order valence-electron chi connectivity index (χ4n) is 4.28. The minimum atomic E-state index is -0.947. The van der Waals surface area contributed by atoms with Crippen LogP contribution in [0.2, 0.25) is 0 Å². The SMILES string of the molecule is Cn1ccnc1CN1CCC(C(O)(c2ccccc2)c2ccccc2)CC1. The van der Waals surface area contributed by atoms with Crippen molar-refractivity contribution in [1.82, 2.24) is 14.5 Å². The summed E-state index contributed by atoms with van der Waals surface area (Å²) in [6.07, 6.45) is 5.77. The molecule has 0 spiro atoms. The smallest absolute Gasteiger partial charge is 0.122 e. The third-order valence-corrected chi connectivity index (χ3v) is 5.89. The summed E-state index contributed by atoms with van der Waals surface area (Å²) in [4.78, 5) is 6.88. The molecule has 0 saturated carbocycles. The number of rotatable bonds is 5. The van der Waals surface area contributed by atoms with E-state index < -0.39 is 5.60 Å². The summed E-state index contributed by atoms with van der Waals surface area (Å²) in [6.45, 7) is 2.81. The number of hydrogen-bond acceptors (Lipinski definition) is 3. The van der Waals surface area contributed by atoms with E-state index in [2.05, 4.69) is 14.5 Å². The molecule has 1 aliphatic heterocycles. The molecule has 0 unspecified atom stereocenters. The number of hydrogen-bond donors (Lipinski definition) is 1. The summed E-state index contributed by atoms with van der Waals surface area (Å²) < 4.78 is 2.08. The molecule has 3 aromatic rings. The average Bonchev–Trinajstić information content (AvgIpc) is 3.14. The van der Waals surface area contributed by atoms with E-state index in [0.717, 1.165) is 49.4 Å². The number of likely N-dealkylation sites (tertiary alicyclic amines) is 1. The second-order valence-electron chi connectivity index (χ2n) is 7.50. The molecule has 4 heteroatoms. The first kappa shape index (κ1) is 18.0. The molecule has 1 saturated heterocycles. The first-order valence-electron chi connectivity index (χ1n) is 9.70. The van der Waals surface area contributed by atoms with Gasteiger partial charge in [0.05, 0.1) is 6.54 Å². The Hall–Kier alpha value is -2.43. The van der Waals surface area contributed by atoms with Gasteiger partial charge in [-0.15, -0.1) is 0 Å². The van der Waals surface area contributed by atoms with Gasteiger partial charge in [-0.2, -0.15) is 0 Å². The minimum absolute atomic E-state index is 0.194. The molecule has 27 heavy (non-hydrogen) atoms. The lowest BCUT2D eigenvalue weighted by Gasteiger charge is -2.42. The molecule has 0 aliphatic carbocycles. The molecule has 2 aromatic carbocycles. The van der Waals surface area contributed by atoms with E-state index in [1.165, 1.54) is 0 Å². The number of imidazole rings is 1. The van der Waals surface area contributed by atoms with Gasteiger partial charge in [0.2, 0.25) is 0 Å². The Labute approximate surface area is 161 Å². The second-order valence-corrected chi connectivity index (χ2v) is 7.50. The van der Waals surface area contributed by atoms with E-state index in [4.69, 9.17) is 0 Å². The van der Waals surface area contributed by atoms with Gasteiger partial charge < -0.3 is 9.67 Å². The Morgan fingerprint density at radius 3 is 2.00 bits per heavy atom. The molecule has 0 bridgehead atoms. The largest absolute Gasteiger partial charge is 0.380 e. The quantitative estimate of drug-likeness (QED) is 0.755. The molecule has 140 valence electrons. The Morgan fingerprint density at radius 1 is 0.963 bits per heavy atom. The van der Waals surface area contributed by atoms with E-state index in [9.17, 15) is 5.11 Å². The normalized spacial score (nSPS) is 16.5. The van der Waals surface area contributed by atoms with Crippen molar-refractivity contribution >= 4 is 0 Å². The van der Waals surface area contributed by atoms with Gasteiger partial charge in [0, 0.05) is 19.4 Å². The summed E-state index contributed by atoms with van der Waals surface area (Å²) in [5.74, 6) is 1.29. The van der Waals surface area contributed by atoms with Gasteiger partial charge in [-0.1, -0.05) is 60.7 Å². The predicted octanol–water partition coefficient (Wildman–Crippen LogP) is 3.57. The Kier molecular flexibility index (Phi) is 5.10. The summed E-state index contributed by atoms with van der Waals surface area (Å²) >= 11 is 0. The van der Waals surface area contributed by atoms with Gasteiger partial charge >= 0.3 is 0 Å². The zero-order valence-electron chi connectivity index (χ0n) is 15.8. The molecule has 1 fully saturated rings. The average molecular weight is 361 g/mol. The van der Waals surface area contributed by atoms with Crippen LogP contribution in [0, 0.1) is 5.92 Å². The van der Waals surface area contributed by atoms with Crippen molar-refractivity contribution in [2.24, 2.45) is 13.0 Å². The highest BCUT2D eigenvalue weighted by Gasteiger charge is 2.41. The highest BCUT2D eigenvalue weighted by Crippen LogP contribution is 2.41. The maximum Gasteiger partial charge on any atom is 0.122 e. The van der Waals surface area contributed by atoms with Crippen molar-refractivity contribution in [1.29, 1.82) is 0 Å². The van der Waals surface area contributed by atoms with Crippen LogP contribution in [0.25, 0.3) is 0 Å². The lowest BCUT2D eigenvalue weighted by atomic mass is 9.72. The maximum atomic E-state index is 11.9. The van der Waals surface area contributed by atoms with Crippen molar-refractivity contribution in [2.75, 3.05) is 13.1 Å². The van der Waals surface area contributed by atoms with Crippen LogP contribution in [0.1, 0.15) is 29.8 Å². The van der Waals surface area contributed by atoms with Gasteiger partial charge in [-0.05, 0) is 43.0 Å². The van der Waals surface area contributed by atoms with Crippen LogP contribution in [0.4, 0.5) is 0 Å². The first-order valence-corrected chi connectivity index (χ1v) is 9.70. The number of nitrogens with zero attached hydrogens (tertiary/aromatic N) is 3. The monoisotopic (exact) mass is 361 g/mol. The van der Waals surface area contributed by atoms with Gasteiger partial charge in [0.25, 0.3) is 0 Å². The highest BCUT2D eigenvalue weighted by molar-refractivity contribution is 5.37. The molecular formula is C23H27N3O. The molecule has 0 atom stereocenters. The number of aryl methyl sites for hydroxylation is 1. The second kappa shape index (κ2) is 7.67. The summed E-state index contributed by atoms with van der Waals surface area (Å²) in [7, 11) is 2.04. The van der Waals surface area contributed by atoms with Gasteiger partial charge in [0.1, 0.15) is 11.4 Å². The molecule has 1 aromatic heterocycles. The number of piperidine rings is 1. The van der Waals surface area contributed by atoms with Crippen LogP contribution < -0.4 is 0 Å². The van der Waals surface area contributed by atoms with Crippen LogP contribution in [-0.4, -0.2) is 32.6 Å². The molecule has 1 aliphatic rings. The third kappa shape index (κ3) is 3.55. The Bertz CT molecular complexity index is 812. The highest BCUT2D eigenvalue weighted by atomic mass is 16.3. The van der Waals surface area contributed by atoms with Crippen LogP contribution >= 0.6 is 0 Å². The van der Waals surface area contributed by atoms with E-state index in [0.29, 0.717) is 0 Å². The van der Waals surface area contributed by atoms with E-state index in [1.54, 1.807) is 0 Å². The molecule has 4 rings (SSSR count). The van der Waals surface area contributed by atoms with E-state index in [-0.39, 0.29) is 5.92 Å². The number of aliphatic hydroxyl groups is 1. The standard InChI is InChI=1S/C23H27N3O/c1-25-17-14-24-22(25)18-26-15-12-21(13-16-26)23(27,19-8-4-2-5-9-19)20-10-6-3-7-11-20/h2-11,14,17,21,27H,12-13,15-16,18H2,1H3. The maximum absolute atomic E-state index is 11.9.